The van der Waals surface area contributed by atoms with Crippen molar-refractivity contribution in [2.24, 2.45) is 11.3 Å². The molecule has 0 saturated heterocycles. The summed E-state index contributed by atoms with van der Waals surface area (Å²) in [6, 6.07) is 13.6. The highest BCUT2D eigenvalue weighted by Gasteiger charge is 2.52. The van der Waals surface area contributed by atoms with E-state index in [1.165, 1.54) is 6.07 Å². The van der Waals surface area contributed by atoms with Gasteiger partial charge in [0.25, 0.3) is 5.92 Å². The van der Waals surface area contributed by atoms with E-state index in [4.69, 9.17) is 0 Å². The van der Waals surface area contributed by atoms with Crippen LogP contribution < -0.4 is 10.6 Å². The van der Waals surface area contributed by atoms with Gasteiger partial charge in [-0.2, -0.15) is 0 Å². The Kier molecular flexibility index (Phi) is 5.35. The standard InChI is InChI=1S/C24H26F2N2O2/c1-23(25,26)19-4-2-3-5-20(19)28-18-10-6-16(7-11-18)15-27-22(30)24(12-13-24)14-21(29)17-8-9-17/h2-7,10-11,17,28H,8-9,12-15H2,1H3,(H,27,30). The fraction of sp³-hybridized carbons (Fsp3) is 0.417. The van der Waals surface area contributed by atoms with Gasteiger partial charge in [-0.05, 0) is 49.4 Å². The molecule has 0 bridgehead atoms. The van der Waals surface area contributed by atoms with Gasteiger partial charge in [-0.1, -0.05) is 30.3 Å². The SMILES string of the molecule is CC(F)(F)c1ccccc1Nc1ccc(CNC(=O)C2(CC(=O)C3CC3)CC2)cc1. The maximum atomic E-state index is 13.8. The largest absolute Gasteiger partial charge is 0.355 e. The molecule has 0 radical (unpaired) electrons. The molecule has 30 heavy (non-hydrogen) atoms. The van der Waals surface area contributed by atoms with Crippen LogP contribution >= 0.6 is 0 Å². The summed E-state index contributed by atoms with van der Waals surface area (Å²) in [5.41, 5.74) is 1.41. The summed E-state index contributed by atoms with van der Waals surface area (Å²) in [5, 5.41) is 5.99. The van der Waals surface area contributed by atoms with E-state index in [-0.39, 0.29) is 23.2 Å². The van der Waals surface area contributed by atoms with E-state index in [9.17, 15) is 18.4 Å². The van der Waals surface area contributed by atoms with Crippen LogP contribution in [-0.2, 0) is 22.1 Å². The number of ketones is 1. The van der Waals surface area contributed by atoms with Crippen molar-refractivity contribution in [3.05, 3.63) is 59.7 Å². The lowest BCUT2D eigenvalue weighted by Crippen LogP contribution is -2.33. The van der Waals surface area contributed by atoms with Crippen molar-refractivity contribution in [3.63, 3.8) is 0 Å². The third kappa shape index (κ3) is 4.69. The molecule has 2 aliphatic rings. The Labute approximate surface area is 175 Å². The van der Waals surface area contributed by atoms with Crippen LogP contribution in [-0.4, -0.2) is 11.7 Å². The van der Waals surface area contributed by atoms with Crippen molar-refractivity contribution in [1.29, 1.82) is 0 Å². The fourth-order valence-corrected chi connectivity index (χ4v) is 3.72. The molecule has 2 aromatic rings. The molecule has 0 aliphatic heterocycles. The highest BCUT2D eigenvalue weighted by atomic mass is 19.3. The van der Waals surface area contributed by atoms with Gasteiger partial charge in [-0.25, -0.2) is 8.78 Å². The molecule has 158 valence electrons. The van der Waals surface area contributed by atoms with E-state index in [1.54, 1.807) is 30.3 Å². The first-order valence-corrected chi connectivity index (χ1v) is 10.4. The van der Waals surface area contributed by atoms with Gasteiger partial charge in [0.15, 0.2) is 0 Å². The van der Waals surface area contributed by atoms with Crippen LogP contribution in [0.25, 0.3) is 0 Å². The van der Waals surface area contributed by atoms with Gasteiger partial charge in [0, 0.05) is 42.7 Å². The molecule has 2 saturated carbocycles. The minimum absolute atomic E-state index is 0.0437. The van der Waals surface area contributed by atoms with Crippen molar-refractivity contribution in [2.45, 2.75) is 51.5 Å². The smallest absolute Gasteiger partial charge is 0.272 e. The molecule has 0 aromatic heterocycles. The van der Waals surface area contributed by atoms with Gasteiger partial charge >= 0.3 is 0 Å². The zero-order valence-corrected chi connectivity index (χ0v) is 17.0. The van der Waals surface area contributed by atoms with Crippen molar-refractivity contribution in [2.75, 3.05) is 5.32 Å². The molecule has 0 heterocycles. The molecular weight excluding hydrogens is 386 g/mol. The van der Waals surface area contributed by atoms with E-state index in [2.05, 4.69) is 10.6 Å². The average Bonchev–Trinajstić information content (AvgIpc) is 3.61. The Balaban J connectivity index is 1.33. The molecule has 2 aliphatic carbocycles. The summed E-state index contributed by atoms with van der Waals surface area (Å²) >= 11 is 0. The lowest BCUT2D eigenvalue weighted by atomic mass is 9.96. The third-order valence-electron chi connectivity index (χ3n) is 5.97. The number of nitrogens with one attached hydrogen (secondary N) is 2. The molecule has 2 N–H and O–H groups in total. The normalized spacial score (nSPS) is 17.3. The van der Waals surface area contributed by atoms with Crippen molar-refractivity contribution in [1.82, 2.24) is 5.32 Å². The molecule has 4 nitrogen and oxygen atoms in total. The van der Waals surface area contributed by atoms with E-state index in [0.29, 0.717) is 24.3 Å². The number of carbonyl (C=O) groups is 2. The number of anilines is 2. The highest BCUT2D eigenvalue weighted by molar-refractivity contribution is 5.93. The average molecular weight is 412 g/mol. The van der Waals surface area contributed by atoms with Crippen LogP contribution in [0.1, 0.15) is 50.2 Å². The second-order valence-corrected chi connectivity index (χ2v) is 8.64. The van der Waals surface area contributed by atoms with Gasteiger partial charge < -0.3 is 10.6 Å². The molecule has 0 spiro atoms. The first-order chi connectivity index (χ1) is 14.3. The number of hydrogen-bond donors (Lipinski definition) is 2. The van der Waals surface area contributed by atoms with Crippen LogP contribution in [0.5, 0.6) is 0 Å². The minimum Gasteiger partial charge on any atom is -0.355 e. The number of hydrogen-bond acceptors (Lipinski definition) is 3. The zero-order valence-electron chi connectivity index (χ0n) is 17.0. The highest BCUT2D eigenvalue weighted by Crippen LogP contribution is 2.51. The predicted molar refractivity (Wildman–Crippen MR) is 112 cm³/mol. The number of rotatable bonds is 9. The van der Waals surface area contributed by atoms with Crippen molar-refractivity contribution < 1.29 is 18.4 Å². The number of amides is 1. The van der Waals surface area contributed by atoms with Crippen LogP contribution in [0.3, 0.4) is 0 Å². The number of Topliss-reactive ketones (excluding diaryl/α,β-unsaturated/α-hetero) is 1. The number of para-hydroxylation sites is 1. The Morgan fingerprint density at radius 2 is 1.73 bits per heavy atom. The molecule has 0 atom stereocenters. The van der Waals surface area contributed by atoms with Crippen LogP contribution in [0.2, 0.25) is 0 Å². The van der Waals surface area contributed by atoms with Gasteiger partial charge in [0.05, 0.1) is 5.41 Å². The summed E-state index contributed by atoms with van der Waals surface area (Å²) in [7, 11) is 0. The summed E-state index contributed by atoms with van der Waals surface area (Å²) in [5.74, 6) is -2.56. The van der Waals surface area contributed by atoms with Gasteiger partial charge in [0.2, 0.25) is 5.91 Å². The van der Waals surface area contributed by atoms with Gasteiger partial charge in [-0.15, -0.1) is 0 Å². The molecule has 2 fully saturated rings. The van der Waals surface area contributed by atoms with E-state index in [1.807, 2.05) is 12.1 Å². The third-order valence-corrected chi connectivity index (χ3v) is 5.97. The van der Waals surface area contributed by atoms with Crippen molar-refractivity contribution in [3.8, 4) is 0 Å². The number of benzene rings is 2. The second-order valence-electron chi connectivity index (χ2n) is 8.64. The molecule has 1 amide bonds. The topological polar surface area (TPSA) is 58.2 Å². The second kappa shape index (κ2) is 7.82. The van der Waals surface area contributed by atoms with E-state index in [0.717, 1.165) is 38.2 Å². The summed E-state index contributed by atoms with van der Waals surface area (Å²) in [4.78, 5) is 24.7. The van der Waals surface area contributed by atoms with E-state index < -0.39 is 11.3 Å². The first-order valence-electron chi connectivity index (χ1n) is 10.4. The Morgan fingerprint density at radius 1 is 1.07 bits per heavy atom. The summed E-state index contributed by atoms with van der Waals surface area (Å²) in [6.07, 6.45) is 3.87. The van der Waals surface area contributed by atoms with Crippen LogP contribution in [0.15, 0.2) is 48.5 Å². The van der Waals surface area contributed by atoms with Gasteiger partial charge in [-0.3, -0.25) is 9.59 Å². The van der Waals surface area contributed by atoms with Crippen LogP contribution in [0, 0.1) is 11.3 Å². The Morgan fingerprint density at radius 3 is 2.33 bits per heavy atom. The van der Waals surface area contributed by atoms with E-state index >= 15 is 0 Å². The molecule has 6 heteroatoms. The quantitative estimate of drug-likeness (QED) is 0.587. The zero-order chi connectivity index (χ0) is 21.4. The Hall–Kier alpha value is -2.76. The Bertz CT molecular complexity index is 942. The summed E-state index contributed by atoms with van der Waals surface area (Å²) in [6.45, 7) is 1.26. The molecular formula is C24H26F2N2O2. The molecule has 4 rings (SSSR count). The fourth-order valence-electron chi connectivity index (χ4n) is 3.72. The monoisotopic (exact) mass is 412 g/mol. The maximum absolute atomic E-state index is 13.8. The summed E-state index contributed by atoms with van der Waals surface area (Å²) < 4.78 is 27.6. The van der Waals surface area contributed by atoms with Gasteiger partial charge in [0.1, 0.15) is 5.78 Å². The number of halogens is 2. The first kappa shape index (κ1) is 20.5. The lowest BCUT2D eigenvalue weighted by molar-refractivity contribution is -0.131. The maximum Gasteiger partial charge on any atom is 0.272 e. The molecule has 0 unspecified atom stereocenters. The van der Waals surface area contributed by atoms with Crippen LogP contribution in [0.4, 0.5) is 20.2 Å². The number of alkyl halides is 2. The molecule has 2 aromatic carbocycles. The van der Waals surface area contributed by atoms with Crippen molar-refractivity contribution >= 4 is 23.1 Å². The lowest BCUT2D eigenvalue weighted by Gasteiger charge is -2.17. The minimum atomic E-state index is -2.94. The predicted octanol–water partition coefficient (Wildman–Crippen LogP) is 5.31. The number of carbonyl (C=O) groups excluding carboxylic acids is 2.